The second-order valence-corrected chi connectivity index (χ2v) is 8.24. The highest BCUT2D eigenvalue weighted by Gasteiger charge is 2.34. The Morgan fingerprint density at radius 3 is 2.00 bits per heavy atom. The van der Waals surface area contributed by atoms with Crippen LogP contribution in [0.15, 0.2) is 60.7 Å². The highest BCUT2D eigenvalue weighted by Crippen LogP contribution is 2.31. The van der Waals surface area contributed by atoms with Gasteiger partial charge in [0.15, 0.2) is 0 Å². The Morgan fingerprint density at radius 1 is 1.03 bits per heavy atom. The summed E-state index contributed by atoms with van der Waals surface area (Å²) in [5.74, 6) is -0.204. The lowest BCUT2D eigenvalue weighted by molar-refractivity contribution is -0.154. The molecule has 0 amide bonds. The minimum atomic E-state index is -0.623. The number of carbonyl (C=O) groups excluding carboxylic acids is 1. The molecule has 1 N–H and O–H groups in total. The van der Waals surface area contributed by atoms with Crippen molar-refractivity contribution in [3.05, 3.63) is 71.8 Å². The van der Waals surface area contributed by atoms with Crippen LogP contribution in [-0.2, 0) is 15.1 Å². The molecule has 2 aromatic rings. The molecule has 4 heteroatoms. The summed E-state index contributed by atoms with van der Waals surface area (Å²) < 4.78 is 5.32. The summed E-state index contributed by atoms with van der Waals surface area (Å²) >= 11 is 0. The van der Waals surface area contributed by atoms with Gasteiger partial charge in [0.05, 0.1) is 29.7 Å². The van der Waals surface area contributed by atoms with Gasteiger partial charge in [0.1, 0.15) is 0 Å². The number of hydrogen-bond acceptors (Lipinski definition) is 4. The van der Waals surface area contributed by atoms with Crippen LogP contribution in [0.3, 0.4) is 0 Å². The average Bonchev–Trinajstić information content (AvgIpc) is 2.75. The van der Waals surface area contributed by atoms with Crippen molar-refractivity contribution in [2.45, 2.75) is 58.5 Å². The molecule has 154 valence electrons. The molecule has 0 heterocycles. The number of nitrogens with zero attached hydrogens (tertiary/aromatic N) is 1. The number of carbonyl (C=O) groups is 1. The molecule has 1 unspecified atom stereocenters. The molecule has 1 atom stereocenters. The van der Waals surface area contributed by atoms with E-state index in [2.05, 4.69) is 42.6 Å². The molecular weight excluding hydrogens is 360 g/mol. The molecule has 2 aromatic carbocycles. The van der Waals surface area contributed by atoms with E-state index in [1.54, 1.807) is 0 Å². The van der Waals surface area contributed by atoms with Crippen molar-refractivity contribution in [1.29, 1.82) is 5.26 Å². The Kier molecular flexibility index (Phi) is 7.99. The number of rotatable bonds is 10. The fraction of sp³-hybridized carbons (Fsp3) is 0.440. The van der Waals surface area contributed by atoms with Gasteiger partial charge in [0.2, 0.25) is 0 Å². The van der Waals surface area contributed by atoms with Crippen molar-refractivity contribution in [2.24, 2.45) is 5.41 Å². The molecule has 4 nitrogen and oxygen atoms in total. The van der Waals surface area contributed by atoms with Gasteiger partial charge < -0.3 is 4.74 Å². The molecule has 0 aromatic heterocycles. The molecule has 0 saturated heterocycles. The minimum Gasteiger partial charge on any atom is -0.465 e. The molecule has 0 aliphatic heterocycles. The first-order valence-corrected chi connectivity index (χ1v) is 10.3. The van der Waals surface area contributed by atoms with Crippen LogP contribution in [0.4, 0.5) is 0 Å². The van der Waals surface area contributed by atoms with E-state index in [-0.39, 0.29) is 5.97 Å². The first-order chi connectivity index (χ1) is 13.8. The zero-order valence-corrected chi connectivity index (χ0v) is 17.9. The van der Waals surface area contributed by atoms with Gasteiger partial charge in [-0.25, -0.2) is 0 Å². The van der Waals surface area contributed by atoms with Gasteiger partial charge in [-0.15, -0.1) is 0 Å². The average molecular weight is 393 g/mol. The molecule has 0 aliphatic rings. The summed E-state index contributed by atoms with van der Waals surface area (Å²) in [6.07, 6.45) is 1.93. The van der Waals surface area contributed by atoms with Crippen LogP contribution >= 0.6 is 0 Å². The smallest absolute Gasteiger partial charge is 0.311 e. The van der Waals surface area contributed by atoms with E-state index in [4.69, 9.17) is 4.74 Å². The van der Waals surface area contributed by atoms with E-state index < -0.39 is 17.0 Å². The van der Waals surface area contributed by atoms with E-state index in [9.17, 15) is 10.1 Å². The number of ether oxygens (including phenoxy) is 1. The Balaban J connectivity index is 2.19. The summed E-state index contributed by atoms with van der Waals surface area (Å²) in [7, 11) is 0. The van der Waals surface area contributed by atoms with Crippen LogP contribution in [0.25, 0.3) is 0 Å². The summed E-state index contributed by atoms with van der Waals surface area (Å²) in [4.78, 5) is 12.3. The maximum Gasteiger partial charge on any atom is 0.311 e. The molecule has 0 saturated carbocycles. The Labute approximate surface area is 174 Å². The monoisotopic (exact) mass is 392 g/mol. The van der Waals surface area contributed by atoms with E-state index in [0.29, 0.717) is 19.4 Å². The molecule has 0 aliphatic carbocycles. The van der Waals surface area contributed by atoms with Crippen molar-refractivity contribution >= 4 is 5.97 Å². The highest BCUT2D eigenvalue weighted by molar-refractivity contribution is 5.75. The van der Waals surface area contributed by atoms with Crippen molar-refractivity contribution in [3.8, 4) is 6.07 Å². The number of nitriles is 1. The number of esters is 1. The van der Waals surface area contributed by atoms with Gasteiger partial charge in [0, 0.05) is 0 Å². The van der Waals surface area contributed by atoms with Crippen molar-refractivity contribution in [1.82, 2.24) is 5.32 Å². The SMILES string of the molecule is CCCOC(=O)C(C)(C)CCC(C#N)NC(C)(c1ccccc1)c1ccccc1. The van der Waals surface area contributed by atoms with Crippen LogP contribution < -0.4 is 5.32 Å². The maximum absolute atomic E-state index is 12.3. The lowest BCUT2D eigenvalue weighted by atomic mass is 9.82. The van der Waals surface area contributed by atoms with Gasteiger partial charge in [-0.1, -0.05) is 67.6 Å². The zero-order valence-electron chi connectivity index (χ0n) is 17.9. The largest absolute Gasteiger partial charge is 0.465 e. The lowest BCUT2D eigenvalue weighted by Crippen LogP contribution is -2.46. The highest BCUT2D eigenvalue weighted by atomic mass is 16.5. The Bertz CT molecular complexity index is 770. The predicted molar refractivity (Wildman–Crippen MR) is 116 cm³/mol. The van der Waals surface area contributed by atoms with Crippen molar-refractivity contribution < 1.29 is 9.53 Å². The molecule has 2 rings (SSSR count). The van der Waals surface area contributed by atoms with Crippen molar-refractivity contribution in [3.63, 3.8) is 0 Å². The van der Waals surface area contributed by atoms with Crippen LogP contribution in [0, 0.1) is 16.7 Å². The molecule has 0 bridgehead atoms. The van der Waals surface area contributed by atoms with E-state index in [1.807, 2.05) is 57.2 Å². The molecular formula is C25H32N2O2. The predicted octanol–water partition coefficient (Wildman–Crippen LogP) is 5.19. The van der Waals surface area contributed by atoms with E-state index >= 15 is 0 Å². The van der Waals surface area contributed by atoms with Crippen molar-refractivity contribution in [2.75, 3.05) is 6.61 Å². The zero-order chi connectivity index (χ0) is 21.3. The van der Waals surface area contributed by atoms with Gasteiger partial charge in [-0.05, 0) is 51.2 Å². The summed E-state index contributed by atoms with van der Waals surface area (Å²) in [5.41, 5.74) is 1.04. The number of benzene rings is 2. The van der Waals surface area contributed by atoms with E-state index in [0.717, 1.165) is 17.5 Å². The van der Waals surface area contributed by atoms with Crippen LogP contribution in [0.2, 0.25) is 0 Å². The van der Waals surface area contributed by atoms with Crippen LogP contribution in [-0.4, -0.2) is 18.6 Å². The minimum absolute atomic E-state index is 0.204. The second-order valence-electron chi connectivity index (χ2n) is 8.24. The Morgan fingerprint density at radius 2 is 1.55 bits per heavy atom. The van der Waals surface area contributed by atoms with Gasteiger partial charge in [0.25, 0.3) is 0 Å². The molecule has 0 fully saturated rings. The molecule has 29 heavy (non-hydrogen) atoms. The lowest BCUT2D eigenvalue weighted by Gasteiger charge is -2.35. The normalized spacial score (nSPS) is 12.8. The standard InChI is InChI=1S/C25H32N2O2/c1-5-18-29-23(28)24(2,3)17-16-22(19-26)27-25(4,20-12-8-6-9-13-20)21-14-10-7-11-15-21/h6-15,22,27H,5,16-18H2,1-4H3. The third kappa shape index (κ3) is 5.92. The fourth-order valence-corrected chi connectivity index (χ4v) is 3.39. The van der Waals surface area contributed by atoms with Gasteiger partial charge in [-0.3, -0.25) is 10.1 Å². The van der Waals surface area contributed by atoms with Gasteiger partial charge >= 0.3 is 5.97 Å². The third-order valence-electron chi connectivity index (χ3n) is 5.37. The quantitative estimate of drug-likeness (QED) is 0.565. The Hall–Kier alpha value is -2.64. The number of nitrogens with one attached hydrogen (secondary N) is 1. The molecule has 0 radical (unpaired) electrons. The van der Waals surface area contributed by atoms with Crippen LogP contribution in [0.5, 0.6) is 0 Å². The third-order valence-corrected chi connectivity index (χ3v) is 5.37. The fourth-order valence-electron chi connectivity index (χ4n) is 3.39. The van der Waals surface area contributed by atoms with Gasteiger partial charge in [-0.2, -0.15) is 5.26 Å². The summed E-state index contributed by atoms with van der Waals surface area (Å²) in [6, 6.07) is 22.3. The molecule has 0 spiro atoms. The topological polar surface area (TPSA) is 62.1 Å². The maximum atomic E-state index is 12.3. The number of hydrogen-bond donors (Lipinski definition) is 1. The first-order valence-electron chi connectivity index (χ1n) is 10.3. The first kappa shape index (κ1) is 22.6. The van der Waals surface area contributed by atoms with E-state index in [1.165, 1.54) is 0 Å². The summed E-state index contributed by atoms with van der Waals surface area (Å²) in [6.45, 7) is 8.27. The van der Waals surface area contributed by atoms with Crippen LogP contribution in [0.1, 0.15) is 58.1 Å². The summed E-state index contributed by atoms with van der Waals surface area (Å²) in [5, 5.41) is 13.4. The second kappa shape index (κ2) is 10.2.